The Hall–Kier alpha value is -3.13. The van der Waals surface area contributed by atoms with E-state index >= 15 is 0 Å². The van der Waals surface area contributed by atoms with Gasteiger partial charge in [0.25, 0.3) is 5.91 Å². The topological polar surface area (TPSA) is 88.8 Å². The lowest BCUT2D eigenvalue weighted by molar-refractivity contribution is -0.143. The van der Waals surface area contributed by atoms with Crippen molar-refractivity contribution in [2.75, 3.05) is 25.0 Å². The van der Waals surface area contributed by atoms with Crippen molar-refractivity contribution in [2.45, 2.75) is 26.3 Å². The molecular weight excluding hydrogens is 442 g/mol. The number of ether oxygens (including phenoxy) is 1. The largest absolute Gasteiger partial charge is 0.466 e. The van der Waals surface area contributed by atoms with E-state index in [0.29, 0.717) is 66.2 Å². The summed E-state index contributed by atoms with van der Waals surface area (Å²) in [4.78, 5) is 31.0. The van der Waals surface area contributed by atoms with Crippen molar-refractivity contribution in [2.24, 2.45) is 17.8 Å². The third-order valence-corrected chi connectivity index (χ3v) is 6.84. The second kappa shape index (κ2) is 8.67. The molecule has 0 radical (unpaired) electrons. The summed E-state index contributed by atoms with van der Waals surface area (Å²) in [6, 6.07) is 13.4. The molecule has 5 rings (SSSR count). The summed E-state index contributed by atoms with van der Waals surface area (Å²) < 4.78 is 6.68. The van der Waals surface area contributed by atoms with Crippen molar-refractivity contribution in [3.63, 3.8) is 0 Å². The molecule has 1 N–H and O–H groups in total. The Morgan fingerprint density at radius 1 is 1.21 bits per heavy atom. The number of fused-ring (bicyclic) bond motifs is 2. The van der Waals surface area contributed by atoms with E-state index in [1.165, 1.54) is 0 Å². The molecular formula is C24H26ClN5O3. The number of hydrogen-bond donors (Lipinski definition) is 1. The van der Waals surface area contributed by atoms with Gasteiger partial charge in [0.15, 0.2) is 11.3 Å². The fourth-order valence-electron chi connectivity index (χ4n) is 4.89. The van der Waals surface area contributed by atoms with Gasteiger partial charge in [-0.15, -0.1) is 0 Å². The molecule has 2 aliphatic rings. The number of esters is 1. The van der Waals surface area contributed by atoms with Crippen LogP contribution in [0.4, 0.5) is 5.82 Å². The molecule has 172 valence electrons. The molecule has 0 bridgehead atoms. The first-order chi connectivity index (χ1) is 15.9. The van der Waals surface area contributed by atoms with Gasteiger partial charge in [-0.25, -0.2) is 4.98 Å². The van der Waals surface area contributed by atoms with Crippen molar-refractivity contribution in [1.29, 1.82) is 0 Å². The second-order valence-electron chi connectivity index (χ2n) is 8.75. The van der Waals surface area contributed by atoms with Crippen LogP contribution in [0.3, 0.4) is 0 Å². The normalized spacial score (nSPS) is 22.2. The maximum Gasteiger partial charge on any atom is 0.306 e. The molecule has 0 spiro atoms. The van der Waals surface area contributed by atoms with E-state index in [4.69, 9.17) is 16.3 Å². The van der Waals surface area contributed by atoms with Crippen molar-refractivity contribution >= 4 is 34.9 Å². The number of carbonyl (C=O) groups excluding carboxylic acids is 2. The molecule has 1 saturated heterocycles. The maximum absolute atomic E-state index is 13.1. The van der Waals surface area contributed by atoms with Gasteiger partial charge in [-0.05, 0) is 37.2 Å². The highest BCUT2D eigenvalue weighted by Gasteiger charge is 2.57. The molecule has 1 aromatic carbocycles. The third-order valence-electron chi connectivity index (χ3n) is 6.65. The highest BCUT2D eigenvalue weighted by Crippen LogP contribution is 2.53. The second-order valence-corrected chi connectivity index (χ2v) is 9.14. The Bertz CT molecular complexity index is 1190. The van der Waals surface area contributed by atoms with E-state index in [0.717, 1.165) is 5.56 Å². The number of likely N-dealkylation sites (tertiary alicyclic amines) is 1. The molecule has 1 aliphatic heterocycles. The van der Waals surface area contributed by atoms with Crippen molar-refractivity contribution in [3.05, 3.63) is 58.9 Å². The number of amides is 1. The van der Waals surface area contributed by atoms with Crippen molar-refractivity contribution in [3.8, 4) is 0 Å². The van der Waals surface area contributed by atoms with Gasteiger partial charge in [-0.2, -0.15) is 9.61 Å². The summed E-state index contributed by atoms with van der Waals surface area (Å²) in [5, 5.41) is 8.29. The predicted molar refractivity (Wildman–Crippen MR) is 124 cm³/mol. The van der Waals surface area contributed by atoms with E-state index in [1.54, 1.807) is 16.6 Å². The number of halogens is 1. The zero-order valence-corrected chi connectivity index (χ0v) is 19.3. The van der Waals surface area contributed by atoms with E-state index in [2.05, 4.69) is 15.4 Å². The minimum absolute atomic E-state index is 0.0123. The van der Waals surface area contributed by atoms with Crippen LogP contribution in [0, 0.1) is 17.8 Å². The summed E-state index contributed by atoms with van der Waals surface area (Å²) in [5.41, 5.74) is 1.97. The summed E-state index contributed by atoms with van der Waals surface area (Å²) >= 11 is 6.25. The van der Waals surface area contributed by atoms with E-state index in [1.807, 2.05) is 49.1 Å². The fourth-order valence-corrected chi connectivity index (χ4v) is 5.08. The Balaban J connectivity index is 1.30. The average Bonchev–Trinajstić information content (AvgIpc) is 3.15. The van der Waals surface area contributed by atoms with E-state index in [9.17, 15) is 9.59 Å². The number of anilines is 1. The molecule has 8 nitrogen and oxygen atoms in total. The Morgan fingerprint density at radius 2 is 1.94 bits per heavy atom. The predicted octanol–water partition coefficient (Wildman–Crippen LogP) is 3.83. The number of carbonyl (C=O) groups is 2. The van der Waals surface area contributed by atoms with Crippen LogP contribution in [0.5, 0.6) is 0 Å². The summed E-state index contributed by atoms with van der Waals surface area (Å²) in [6.45, 7) is 5.55. The minimum atomic E-state index is -0.150. The third kappa shape index (κ3) is 4.27. The molecule has 9 heteroatoms. The highest BCUT2D eigenvalue weighted by atomic mass is 35.5. The summed E-state index contributed by atoms with van der Waals surface area (Å²) in [6.07, 6.45) is 0.441. The smallest absolute Gasteiger partial charge is 0.306 e. The van der Waals surface area contributed by atoms with Crippen LogP contribution in [-0.2, 0) is 9.53 Å². The van der Waals surface area contributed by atoms with Crippen LogP contribution in [0.15, 0.2) is 42.5 Å². The first-order valence-corrected chi connectivity index (χ1v) is 11.6. The summed E-state index contributed by atoms with van der Waals surface area (Å²) in [7, 11) is 0. The fraction of sp³-hybridized carbons (Fsp3) is 0.417. The lowest BCUT2D eigenvalue weighted by atomic mass is 10.1. The van der Waals surface area contributed by atoms with Gasteiger partial charge >= 0.3 is 5.97 Å². The SMILES string of the molecule is CCOC(=O)CC1C2CN(C(=O)c3cc4nc(Cl)cc(N[C@@H](C)c5ccccc5)n4n3)C[C@@H]12. The van der Waals surface area contributed by atoms with Crippen LogP contribution in [0.25, 0.3) is 5.65 Å². The Morgan fingerprint density at radius 3 is 2.64 bits per heavy atom. The Labute approximate surface area is 196 Å². The number of aromatic nitrogens is 3. The summed E-state index contributed by atoms with van der Waals surface area (Å²) in [5.74, 6) is 1.45. The first kappa shape index (κ1) is 21.7. The lowest BCUT2D eigenvalue weighted by Gasteiger charge is -2.18. The van der Waals surface area contributed by atoms with Gasteiger partial charge < -0.3 is 15.0 Å². The number of rotatable bonds is 7. The molecule has 3 aromatic rings. The van der Waals surface area contributed by atoms with E-state index in [-0.39, 0.29) is 17.9 Å². The van der Waals surface area contributed by atoms with Gasteiger partial charge in [0.1, 0.15) is 11.0 Å². The Kier molecular flexibility index (Phi) is 5.70. The van der Waals surface area contributed by atoms with Crippen LogP contribution in [0.1, 0.15) is 42.4 Å². The zero-order chi connectivity index (χ0) is 23.1. The molecule has 2 unspecified atom stereocenters. The average molecular weight is 468 g/mol. The van der Waals surface area contributed by atoms with Crippen LogP contribution < -0.4 is 5.32 Å². The molecule has 4 atom stereocenters. The van der Waals surface area contributed by atoms with Crippen molar-refractivity contribution in [1.82, 2.24) is 19.5 Å². The van der Waals surface area contributed by atoms with Crippen LogP contribution in [-0.4, -0.2) is 51.1 Å². The number of nitrogens with zero attached hydrogens (tertiary/aromatic N) is 4. The van der Waals surface area contributed by atoms with Crippen LogP contribution in [0.2, 0.25) is 5.15 Å². The van der Waals surface area contributed by atoms with Crippen molar-refractivity contribution < 1.29 is 14.3 Å². The standard InChI is InChI=1S/C24H26ClN5O3/c1-3-33-23(31)9-16-17-12-29(13-18(16)17)24(32)19-10-21-27-20(25)11-22(30(21)28-19)26-14(2)15-7-5-4-6-8-15/h4-8,10-11,14,16-18,26H,3,9,12-13H2,1-2H3/t14-,16?,17-,18?/m0/s1. The van der Waals surface area contributed by atoms with E-state index < -0.39 is 0 Å². The quantitative estimate of drug-likeness (QED) is 0.419. The minimum Gasteiger partial charge on any atom is -0.466 e. The van der Waals surface area contributed by atoms with Gasteiger partial charge in [0.05, 0.1) is 6.61 Å². The van der Waals surface area contributed by atoms with Gasteiger partial charge in [0, 0.05) is 37.7 Å². The molecule has 33 heavy (non-hydrogen) atoms. The molecule has 1 saturated carbocycles. The highest BCUT2D eigenvalue weighted by molar-refractivity contribution is 6.29. The first-order valence-electron chi connectivity index (χ1n) is 11.3. The molecule has 3 heterocycles. The zero-order valence-electron chi connectivity index (χ0n) is 18.6. The molecule has 2 aromatic heterocycles. The van der Waals surface area contributed by atoms with Gasteiger partial charge in [-0.3, -0.25) is 9.59 Å². The maximum atomic E-state index is 13.1. The van der Waals surface area contributed by atoms with Gasteiger partial charge in [0.2, 0.25) is 0 Å². The number of nitrogens with one attached hydrogen (secondary N) is 1. The monoisotopic (exact) mass is 467 g/mol. The molecule has 2 fully saturated rings. The molecule has 1 amide bonds. The van der Waals surface area contributed by atoms with Gasteiger partial charge in [-0.1, -0.05) is 41.9 Å². The van der Waals surface area contributed by atoms with Crippen LogP contribution >= 0.6 is 11.6 Å². The number of hydrogen-bond acceptors (Lipinski definition) is 6. The number of piperidine rings is 1. The number of benzene rings is 1. The lowest BCUT2D eigenvalue weighted by Crippen LogP contribution is -2.32. The molecule has 1 aliphatic carbocycles.